The van der Waals surface area contributed by atoms with Crippen LogP contribution in [0.15, 0.2) is 48.7 Å². The Balaban J connectivity index is 2.17. The molecule has 0 aliphatic carbocycles. The summed E-state index contributed by atoms with van der Waals surface area (Å²) in [6.45, 7) is 0. The summed E-state index contributed by atoms with van der Waals surface area (Å²) < 4.78 is 1.92. The van der Waals surface area contributed by atoms with Crippen molar-refractivity contribution < 1.29 is 10.2 Å². The summed E-state index contributed by atoms with van der Waals surface area (Å²) >= 11 is 0. The fraction of sp³-hybridized carbons (Fsp3) is 0.0588. The second-order valence-electron chi connectivity index (χ2n) is 5.17. The maximum absolute atomic E-state index is 10.2. The SMILES string of the molecule is CNc1nc2ccccc2n2c(-c3cccc(O)c3O)cnc12. The zero-order valence-electron chi connectivity index (χ0n) is 12.4. The zero-order valence-corrected chi connectivity index (χ0v) is 12.4. The predicted octanol–water partition coefficient (Wildman–Crippen LogP) is 3.00. The Morgan fingerprint density at radius 1 is 1.04 bits per heavy atom. The highest BCUT2D eigenvalue weighted by Crippen LogP contribution is 2.37. The van der Waals surface area contributed by atoms with Crippen LogP contribution in [-0.2, 0) is 0 Å². The molecule has 2 heterocycles. The lowest BCUT2D eigenvalue weighted by Crippen LogP contribution is -2.00. The van der Waals surface area contributed by atoms with Crippen LogP contribution < -0.4 is 5.32 Å². The van der Waals surface area contributed by atoms with Crippen molar-refractivity contribution >= 4 is 22.5 Å². The molecule has 0 radical (unpaired) electrons. The van der Waals surface area contributed by atoms with Gasteiger partial charge in [0.1, 0.15) is 0 Å². The second-order valence-corrected chi connectivity index (χ2v) is 5.17. The fourth-order valence-corrected chi connectivity index (χ4v) is 2.78. The number of phenolic OH excluding ortho intramolecular Hbond substituents is 2. The first-order valence-corrected chi connectivity index (χ1v) is 7.16. The van der Waals surface area contributed by atoms with Crippen LogP contribution in [0.5, 0.6) is 11.5 Å². The molecule has 2 aromatic carbocycles. The van der Waals surface area contributed by atoms with Crippen LogP contribution >= 0.6 is 0 Å². The van der Waals surface area contributed by atoms with Crippen molar-refractivity contribution in [2.24, 2.45) is 0 Å². The molecule has 0 bridgehead atoms. The van der Waals surface area contributed by atoms with E-state index in [1.54, 1.807) is 25.4 Å². The number of imidazole rings is 1. The van der Waals surface area contributed by atoms with Gasteiger partial charge in [-0.1, -0.05) is 18.2 Å². The molecule has 0 spiro atoms. The van der Waals surface area contributed by atoms with Gasteiger partial charge in [-0.15, -0.1) is 0 Å². The smallest absolute Gasteiger partial charge is 0.181 e. The Morgan fingerprint density at radius 2 is 1.87 bits per heavy atom. The summed E-state index contributed by atoms with van der Waals surface area (Å²) in [7, 11) is 1.79. The van der Waals surface area contributed by atoms with E-state index in [0.717, 1.165) is 11.0 Å². The van der Waals surface area contributed by atoms with Crippen molar-refractivity contribution in [2.45, 2.75) is 0 Å². The van der Waals surface area contributed by atoms with Gasteiger partial charge >= 0.3 is 0 Å². The van der Waals surface area contributed by atoms with E-state index in [0.29, 0.717) is 22.7 Å². The second kappa shape index (κ2) is 4.88. The Hall–Kier alpha value is -3.28. The lowest BCUT2D eigenvalue weighted by molar-refractivity contribution is 0.405. The number of benzene rings is 2. The van der Waals surface area contributed by atoms with Gasteiger partial charge in [0.05, 0.1) is 22.9 Å². The molecule has 0 aliphatic heterocycles. The van der Waals surface area contributed by atoms with Gasteiger partial charge in [-0.2, -0.15) is 0 Å². The largest absolute Gasteiger partial charge is 0.504 e. The predicted molar refractivity (Wildman–Crippen MR) is 88.8 cm³/mol. The Bertz CT molecular complexity index is 1040. The normalized spacial score (nSPS) is 11.2. The number of phenols is 2. The average molecular weight is 306 g/mol. The molecular formula is C17H14N4O2. The molecule has 0 saturated carbocycles. The number of aromatic hydroxyl groups is 2. The number of nitrogens with one attached hydrogen (secondary N) is 1. The number of rotatable bonds is 2. The van der Waals surface area contributed by atoms with Gasteiger partial charge in [0, 0.05) is 12.6 Å². The molecule has 0 fully saturated rings. The molecule has 4 aromatic rings. The summed E-state index contributed by atoms with van der Waals surface area (Å²) in [6.07, 6.45) is 1.67. The molecule has 4 rings (SSSR count). The van der Waals surface area contributed by atoms with Crippen molar-refractivity contribution in [3.05, 3.63) is 48.7 Å². The number of hydrogen-bond donors (Lipinski definition) is 3. The minimum absolute atomic E-state index is 0.162. The van der Waals surface area contributed by atoms with Crippen molar-refractivity contribution in [3.8, 4) is 22.8 Å². The first-order chi connectivity index (χ1) is 11.2. The number of hydrogen-bond acceptors (Lipinski definition) is 5. The van der Waals surface area contributed by atoms with Crippen LogP contribution in [0.1, 0.15) is 0 Å². The number of nitrogens with zero attached hydrogens (tertiary/aromatic N) is 3. The highest BCUT2D eigenvalue weighted by atomic mass is 16.3. The number of aromatic nitrogens is 3. The van der Waals surface area contributed by atoms with Crippen LogP contribution in [0.2, 0.25) is 0 Å². The molecule has 2 aromatic heterocycles. The Labute approximate surface area is 131 Å². The number of fused-ring (bicyclic) bond motifs is 3. The zero-order chi connectivity index (χ0) is 16.0. The van der Waals surface area contributed by atoms with E-state index in [4.69, 9.17) is 0 Å². The molecule has 0 saturated heterocycles. The van der Waals surface area contributed by atoms with Crippen LogP contribution in [0, 0.1) is 0 Å². The molecule has 0 atom stereocenters. The highest BCUT2D eigenvalue weighted by Gasteiger charge is 2.17. The quantitative estimate of drug-likeness (QED) is 0.496. The highest BCUT2D eigenvalue weighted by molar-refractivity contribution is 5.87. The van der Waals surface area contributed by atoms with Crippen LogP contribution in [-0.4, -0.2) is 31.6 Å². The minimum Gasteiger partial charge on any atom is -0.504 e. The average Bonchev–Trinajstić information content (AvgIpc) is 3.02. The molecule has 114 valence electrons. The van der Waals surface area contributed by atoms with Crippen LogP contribution in [0.4, 0.5) is 5.82 Å². The molecule has 3 N–H and O–H groups in total. The van der Waals surface area contributed by atoms with Crippen LogP contribution in [0.25, 0.3) is 27.9 Å². The van der Waals surface area contributed by atoms with E-state index in [2.05, 4.69) is 15.3 Å². The van der Waals surface area contributed by atoms with E-state index >= 15 is 0 Å². The number of para-hydroxylation sites is 3. The lowest BCUT2D eigenvalue weighted by atomic mass is 10.1. The maximum Gasteiger partial charge on any atom is 0.181 e. The van der Waals surface area contributed by atoms with Gasteiger partial charge in [-0.3, -0.25) is 4.40 Å². The van der Waals surface area contributed by atoms with Crippen molar-refractivity contribution in [1.29, 1.82) is 0 Å². The maximum atomic E-state index is 10.2. The van der Waals surface area contributed by atoms with Gasteiger partial charge in [0.2, 0.25) is 0 Å². The van der Waals surface area contributed by atoms with Gasteiger partial charge in [-0.05, 0) is 24.3 Å². The third-order valence-corrected chi connectivity index (χ3v) is 3.86. The summed E-state index contributed by atoms with van der Waals surface area (Å²) in [5, 5.41) is 23.0. The standard InChI is InChI=1S/C17H14N4O2/c1-18-16-17-19-9-13(10-5-4-8-14(22)15(10)23)21(17)12-7-3-2-6-11(12)20-16/h2-9,22-23H,1H3,(H,18,20). The van der Waals surface area contributed by atoms with Gasteiger partial charge < -0.3 is 15.5 Å². The monoisotopic (exact) mass is 306 g/mol. The third-order valence-electron chi connectivity index (χ3n) is 3.86. The third kappa shape index (κ3) is 1.88. The first-order valence-electron chi connectivity index (χ1n) is 7.16. The minimum atomic E-state index is -0.166. The molecule has 0 unspecified atom stereocenters. The molecule has 6 nitrogen and oxygen atoms in total. The molecule has 0 amide bonds. The van der Waals surface area contributed by atoms with Gasteiger partial charge in [-0.25, -0.2) is 9.97 Å². The number of anilines is 1. The van der Waals surface area contributed by atoms with E-state index < -0.39 is 0 Å². The van der Waals surface area contributed by atoms with Gasteiger partial charge in [0.25, 0.3) is 0 Å². The van der Waals surface area contributed by atoms with E-state index in [-0.39, 0.29) is 11.5 Å². The Morgan fingerprint density at radius 3 is 2.70 bits per heavy atom. The lowest BCUT2D eigenvalue weighted by Gasteiger charge is -2.10. The van der Waals surface area contributed by atoms with Crippen LogP contribution in [0.3, 0.4) is 0 Å². The fourth-order valence-electron chi connectivity index (χ4n) is 2.78. The van der Waals surface area contributed by atoms with E-state index in [1.807, 2.05) is 28.7 Å². The topological polar surface area (TPSA) is 82.7 Å². The molecule has 23 heavy (non-hydrogen) atoms. The molecule has 0 aliphatic rings. The van der Waals surface area contributed by atoms with Crippen molar-refractivity contribution in [3.63, 3.8) is 0 Å². The van der Waals surface area contributed by atoms with Crippen molar-refractivity contribution in [2.75, 3.05) is 12.4 Å². The summed E-state index contributed by atoms with van der Waals surface area (Å²) in [6, 6.07) is 12.6. The van der Waals surface area contributed by atoms with Crippen molar-refractivity contribution in [1.82, 2.24) is 14.4 Å². The summed E-state index contributed by atoms with van der Waals surface area (Å²) in [5.41, 5.74) is 3.53. The molecular weight excluding hydrogens is 292 g/mol. The summed E-state index contributed by atoms with van der Waals surface area (Å²) in [5.74, 6) is 0.320. The first kappa shape index (κ1) is 13.4. The van der Waals surface area contributed by atoms with Gasteiger partial charge in [0.15, 0.2) is 23.0 Å². The van der Waals surface area contributed by atoms with E-state index in [9.17, 15) is 10.2 Å². The summed E-state index contributed by atoms with van der Waals surface area (Å²) in [4.78, 5) is 8.99. The Kier molecular flexibility index (Phi) is 2.84. The van der Waals surface area contributed by atoms with E-state index in [1.165, 1.54) is 6.07 Å². The molecule has 6 heteroatoms.